The van der Waals surface area contributed by atoms with E-state index in [0.717, 1.165) is 6.42 Å². The van der Waals surface area contributed by atoms with E-state index < -0.39 is 0 Å². The highest BCUT2D eigenvalue weighted by molar-refractivity contribution is 5.77. The monoisotopic (exact) mass is 343 g/mol. The largest absolute Gasteiger partial charge is 0.339 e. The van der Waals surface area contributed by atoms with E-state index in [2.05, 4.69) is 37.4 Å². The maximum atomic E-state index is 12.4. The molecule has 2 aliphatic rings. The maximum Gasteiger partial charge on any atom is 0.223 e. The number of fused-ring (bicyclic) bond motifs is 1. The van der Waals surface area contributed by atoms with Crippen molar-refractivity contribution < 1.29 is 9.59 Å². The summed E-state index contributed by atoms with van der Waals surface area (Å²) >= 11 is 0. The summed E-state index contributed by atoms with van der Waals surface area (Å²) in [7, 11) is 0. The zero-order valence-corrected chi connectivity index (χ0v) is 15.5. The molecule has 1 N–H and O–H groups in total. The molecule has 0 aromatic heterocycles. The van der Waals surface area contributed by atoms with E-state index in [1.807, 2.05) is 9.80 Å². The second kappa shape index (κ2) is 7.56. The Kier molecular flexibility index (Phi) is 5.42. The molecule has 1 heterocycles. The van der Waals surface area contributed by atoms with Gasteiger partial charge < -0.3 is 15.1 Å². The Morgan fingerprint density at radius 2 is 1.84 bits per heavy atom. The molecule has 1 aromatic rings. The SMILES string of the molecule is CC(=O)N1CCN(C(=O)CCNC2c3cc(C)ccc3CC2C)CC1. The number of nitrogens with one attached hydrogen (secondary N) is 1. The number of benzene rings is 1. The molecular weight excluding hydrogens is 314 g/mol. The van der Waals surface area contributed by atoms with E-state index in [4.69, 9.17) is 0 Å². The molecule has 1 aromatic carbocycles. The Bertz CT molecular complexity index is 650. The van der Waals surface area contributed by atoms with Crippen LogP contribution in [0.4, 0.5) is 0 Å². The minimum Gasteiger partial charge on any atom is -0.339 e. The van der Waals surface area contributed by atoms with Crippen LogP contribution in [0.1, 0.15) is 43.0 Å². The first-order valence-electron chi connectivity index (χ1n) is 9.32. The average molecular weight is 343 g/mol. The number of hydrogen-bond donors (Lipinski definition) is 1. The molecular formula is C20H29N3O2. The minimum atomic E-state index is 0.0953. The molecule has 2 unspecified atom stereocenters. The van der Waals surface area contributed by atoms with Crippen LogP contribution in [0.5, 0.6) is 0 Å². The fourth-order valence-electron chi connectivity index (χ4n) is 4.04. The van der Waals surface area contributed by atoms with Crippen molar-refractivity contribution in [2.45, 2.75) is 39.7 Å². The van der Waals surface area contributed by atoms with E-state index in [1.165, 1.54) is 16.7 Å². The molecule has 5 nitrogen and oxygen atoms in total. The van der Waals surface area contributed by atoms with Gasteiger partial charge in [-0.25, -0.2) is 0 Å². The molecule has 1 saturated heterocycles. The molecule has 136 valence electrons. The van der Waals surface area contributed by atoms with Crippen LogP contribution in [0.25, 0.3) is 0 Å². The van der Waals surface area contributed by atoms with E-state index >= 15 is 0 Å². The van der Waals surface area contributed by atoms with Crippen molar-refractivity contribution in [3.63, 3.8) is 0 Å². The van der Waals surface area contributed by atoms with Gasteiger partial charge in [-0.05, 0) is 30.4 Å². The van der Waals surface area contributed by atoms with Gasteiger partial charge in [0.1, 0.15) is 0 Å². The fourth-order valence-corrected chi connectivity index (χ4v) is 4.04. The lowest BCUT2D eigenvalue weighted by molar-refractivity contribution is -0.138. The lowest BCUT2D eigenvalue weighted by atomic mass is 10.0. The third-order valence-electron chi connectivity index (χ3n) is 5.53. The van der Waals surface area contributed by atoms with Gasteiger partial charge in [-0.2, -0.15) is 0 Å². The highest BCUT2D eigenvalue weighted by atomic mass is 16.2. The highest BCUT2D eigenvalue weighted by Crippen LogP contribution is 2.36. The Labute approximate surface area is 150 Å². The maximum absolute atomic E-state index is 12.4. The lowest BCUT2D eigenvalue weighted by Gasteiger charge is -2.34. The predicted octanol–water partition coefficient (Wildman–Crippen LogP) is 1.90. The normalized spacial score (nSPS) is 22.8. The number of carbonyl (C=O) groups excluding carboxylic acids is 2. The number of piperazine rings is 1. The first-order chi connectivity index (χ1) is 12.0. The molecule has 0 saturated carbocycles. The Morgan fingerprint density at radius 3 is 2.52 bits per heavy atom. The van der Waals surface area contributed by atoms with Crippen LogP contribution in [-0.4, -0.2) is 54.3 Å². The molecule has 1 fully saturated rings. The molecule has 25 heavy (non-hydrogen) atoms. The van der Waals surface area contributed by atoms with E-state index in [-0.39, 0.29) is 11.8 Å². The van der Waals surface area contributed by atoms with Gasteiger partial charge in [0.2, 0.25) is 11.8 Å². The summed E-state index contributed by atoms with van der Waals surface area (Å²) in [5, 5.41) is 3.60. The van der Waals surface area contributed by atoms with Crippen molar-refractivity contribution in [2.75, 3.05) is 32.7 Å². The van der Waals surface area contributed by atoms with Crippen molar-refractivity contribution in [3.8, 4) is 0 Å². The summed E-state index contributed by atoms with van der Waals surface area (Å²) in [6.45, 7) is 9.31. The molecule has 3 rings (SSSR count). The Balaban J connectivity index is 1.48. The third kappa shape index (κ3) is 4.03. The van der Waals surface area contributed by atoms with Crippen LogP contribution in [0.3, 0.4) is 0 Å². The number of amides is 2. The van der Waals surface area contributed by atoms with Crippen LogP contribution in [-0.2, 0) is 16.0 Å². The standard InChI is InChI=1S/C20H29N3O2/c1-14-4-5-17-13-15(2)20(18(17)12-14)21-7-6-19(25)23-10-8-22(9-11-23)16(3)24/h4-5,12,15,20-21H,6-11,13H2,1-3H3. The number of carbonyl (C=O) groups is 2. The van der Waals surface area contributed by atoms with Gasteiger partial charge in [-0.15, -0.1) is 0 Å². The topological polar surface area (TPSA) is 52.7 Å². The Morgan fingerprint density at radius 1 is 1.16 bits per heavy atom. The molecule has 2 amide bonds. The smallest absolute Gasteiger partial charge is 0.223 e. The molecule has 1 aliphatic heterocycles. The Hall–Kier alpha value is -1.88. The zero-order valence-electron chi connectivity index (χ0n) is 15.5. The van der Waals surface area contributed by atoms with Crippen molar-refractivity contribution >= 4 is 11.8 Å². The van der Waals surface area contributed by atoms with Crippen molar-refractivity contribution in [1.29, 1.82) is 0 Å². The number of aryl methyl sites for hydroxylation is 1. The number of hydrogen-bond acceptors (Lipinski definition) is 3. The predicted molar refractivity (Wildman–Crippen MR) is 98.2 cm³/mol. The van der Waals surface area contributed by atoms with Crippen LogP contribution in [0.2, 0.25) is 0 Å². The first-order valence-corrected chi connectivity index (χ1v) is 9.32. The summed E-state index contributed by atoms with van der Waals surface area (Å²) in [6.07, 6.45) is 1.62. The van der Waals surface area contributed by atoms with Gasteiger partial charge >= 0.3 is 0 Å². The van der Waals surface area contributed by atoms with Gasteiger partial charge in [0, 0.05) is 52.1 Å². The van der Waals surface area contributed by atoms with Crippen LogP contribution in [0.15, 0.2) is 18.2 Å². The van der Waals surface area contributed by atoms with Gasteiger partial charge in [0.15, 0.2) is 0 Å². The molecule has 0 radical (unpaired) electrons. The van der Waals surface area contributed by atoms with E-state index in [9.17, 15) is 9.59 Å². The molecule has 0 spiro atoms. The van der Waals surface area contributed by atoms with E-state index in [0.29, 0.717) is 51.1 Å². The third-order valence-corrected chi connectivity index (χ3v) is 5.53. The highest BCUT2D eigenvalue weighted by Gasteiger charge is 2.29. The van der Waals surface area contributed by atoms with Gasteiger partial charge in [0.25, 0.3) is 0 Å². The number of nitrogens with zero attached hydrogens (tertiary/aromatic N) is 2. The fraction of sp³-hybridized carbons (Fsp3) is 0.600. The summed E-state index contributed by atoms with van der Waals surface area (Å²) in [5.41, 5.74) is 4.12. The molecule has 5 heteroatoms. The van der Waals surface area contributed by atoms with Crippen molar-refractivity contribution in [3.05, 3.63) is 34.9 Å². The van der Waals surface area contributed by atoms with Gasteiger partial charge in [-0.3, -0.25) is 9.59 Å². The number of rotatable bonds is 4. The summed E-state index contributed by atoms with van der Waals surface area (Å²) in [4.78, 5) is 27.5. The van der Waals surface area contributed by atoms with E-state index in [1.54, 1.807) is 6.92 Å². The van der Waals surface area contributed by atoms with Gasteiger partial charge in [-0.1, -0.05) is 30.7 Å². The lowest BCUT2D eigenvalue weighted by Crippen LogP contribution is -2.50. The quantitative estimate of drug-likeness (QED) is 0.908. The van der Waals surface area contributed by atoms with Crippen molar-refractivity contribution in [1.82, 2.24) is 15.1 Å². The average Bonchev–Trinajstić information content (AvgIpc) is 2.90. The van der Waals surface area contributed by atoms with Gasteiger partial charge in [0.05, 0.1) is 0 Å². The van der Waals surface area contributed by atoms with Crippen molar-refractivity contribution in [2.24, 2.45) is 5.92 Å². The summed E-state index contributed by atoms with van der Waals surface area (Å²) < 4.78 is 0. The molecule has 1 aliphatic carbocycles. The molecule has 0 bridgehead atoms. The van der Waals surface area contributed by atoms with Crippen LogP contribution in [0, 0.1) is 12.8 Å². The minimum absolute atomic E-state index is 0.0953. The second-order valence-corrected chi connectivity index (χ2v) is 7.45. The summed E-state index contributed by atoms with van der Waals surface area (Å²) in [5.74, 6) is 0.842. The second-order valence-electron chi connectivity index (χ2n) is 7.45. The zero-order chi connectivity index (χ0) is 18.0. The first kappa shape index (κ1) is 17.9. The van der Waals surface area contributed by atoms with Crippen LogP contribution < -0.4 is 5.32 Å². The molecule has 2 atom stereocenters. The van der Waals surface area contributed by atoms with Crippen LogP contribution >= 0.6 is 0 Å². The summed E-state index contributed by atoms with van der Waals surface area (Å²) in [6, 6.07) is 7.04.